The highest BCUT2D eigenvalue weighted by Crippen LogP contribution is 2.02. The molecule has 1 rings (SSSR count). The number of aliphatic hydroxyl groups excluding tert-OH is 1. The third kappa shape index (κ3) is 16.4. The average molecular weight is 353 g/mol. The summed E-state index contributed by atoms with van der Waals surface area (Å²) in [5, 5.41) is 28.6. The molecule has 0 amide bonds. The van der Waals surface area contributed by atoms with E-state index in [1.165, 1.54) is 0 Å². The smallest absolute Gasteiger partial charge is 0.328 e. The Morgan fingerprint density at radius 3 is 2.08 bits per heavy atom. The predicted octanol–water partition coefficient (Wildman–Crippen LogP) is 1.66. The summed E-state index contributed by atoms with van der Waals surface area (Å²) in [6, 6.07) is 9.97. The summed E-state index contributed by atoms with van der Waals surface area (Å²) in [7, 11) is 0. The number of hydrogen-bond donors (Lipinski definition) is 4. The van der Waals surface area contributed by atoms with E-state index in [9.17, 15) is 14.7 Å². The van der Waals surface area contributed by atoms with Gasteiger partial charge in [0.2, 0.25) is 0 Å². The Morgan fingerprint density at radius 2 is 1.64 bits per heavy atom. The monoisotopic (exact) mass is 353 g/mol. The van der Waals surface area contributed by atoms with E-state index in [2.05, 4.69) is 26.1 Å². The molecule has 0 bridgehead atoms. The van der Waals surface area contributed by atoms with E-state index in [0.29, 0.717) is 31.9 Å². The van der Waals surface area contributed by atoms with Crippen LogP contribution in [-0.2, 0) is 20.9 Å². The molecule has 4 N–H and O–H groups in total. The van der Waals surface area contributed by atoms with E-state index >= 15 is 0 Å². The van der Waals surface area contributed by atoms with Gasteiger partial charge in [-0.15, -0.1) is 0 Å². The van der Waals surface area contributed by atoms with E-state index in [1.807, 2.05) is 30.3 Å². The summed E-state index contributed by atoms with van der Waals surface area (Å²) in [6.07, 6.45) is 0.655. The molecule has 0 radical (unpaired) electrons. The molecule has 0 aliphatic heterocycles. The predicted molar refractivity (Wildman–Crippen MR) is 94.3 cm³/mol. The van der Waals surface area contributed by atoms with Gasteiger partial charge in [0.25, 0.3) is 0 Å². The van der Waals surface area contributed by atoms with Gasteiger partial charge in [-0.25, -0.2) is 9.59 Å². The van der Waals surface area contributed by atoms with E-state index in [4.69, 9.17) is 14.9 Å². The minimum absolute atomic E-state index is 0.0282. The third-order valence-electron chi connectivity index (χ3n) is 2.66. The van der Waals surface area contributed by atoms with Gasteiger partial charge in [-0.1, -0.05) is 30.3 Å². The maximum Gasteiger partial charge on any atom is 0.328 e. The van der Waals surface area contributed by atoms with E-state index in [-0.39, 0.29) is 5.54 Å². The number of hydrogen-bond acceptors (Lipinski definition) is 5. The van der Waals surface area contributed by atoms with Gasteiger partial charge >= 0.3 is 11.9 Å². The summed E-state index contributed by atoms with van der Waals surface area (Å²) in [4.78, 5) is 19.1. The molecule has 0 saturated heterocycles. The fraction of sp³-hybridized carbons (Fsp3) is 0.444. The zero-order chi connectivity index (χ0) is 19.3. The van der Waals surface area contributed by atoms with Crippen LogP contribution in [0, 0.1) is 0 Å². The number of benzene rings is 1. The van der Waals surface area contributed by atoms with Crippen molar-refractivity contribution in [1.82, 2.24) is 5.32 Å². The molecule has 1 aromatic carbocycles. The van der Waals surface area contributed by atoms with Gasteiger partial charge in [0, 0.05) is 24.2 Å². The van der Waals surface area contributed by atoms with Crippen LogP contribution in [0.15, 0.2) is 42.5 Å². The van der Waals surface area contributed by atoms with E-state index < -0.39 is 18.0 Å². The number of aliphatic hydroxyl groups is 1. The lowest BCUT2D eigenvalue weighted by molar-refractivity contribution is -0.134. The molecule has 1 atom stereocenters. The number of nitrogens with one attached hydrogen (secondary N) is 1. The van der Waals surface area contributed by atoms with Crippen LogP contribution in [0.3, 0.4) is 0 Å². The van der Waals surface area contributed by atoms with Crippen LogP contribution in [0.1, 0.15) is 26.3 Å². The minimum atomic E-state index is -1.26. The van der Waals surface area contributed by atoms with Crippen molar-refractivity contribution in [2.45, 2.75) is 39.0 Å². The lowest BCUT2D eigenvalue weighted by Crippen LogP contribution is -2.42. The summed E-state index contributed by atoms with van der Waals surface area (Å²) in [6.45, 7) is 7.68. The van der Waals surface area contributed by atoms with Crippen LogP contribution < -0.4 is 5.32 Å². The Morgan fingerprint density at radius 1 is 1.12 bits per heavy atom. The number of ether oxygens (including phenoxy) is 1. The first kappa shape index (κ1) is 22.8. The molecule has 0 aliphatic rings. The summed E-state index contributed by atoms with van der Waals surface area (Å²) in [5.41, 5.74) is 1.16. The highest BCUT2D eigenvalue weighted by atomic mass is 16.5. The lowest BCUT2D eigenvalue weighted by atomic mass is 10.1. The molecule has 140 valence electrons. The number of carboxylic acid groups (broad SMARTS) is 2. The second kappa shape index (κ2) is 12.2. The highest BCUT2D eigenvalue weighted by molar-refractivity contribution is 5.89. The van der Waals surface area contributed by atoms with Gasteiger partial charge in [0.1, 0.15) is 0 Å². The molecule has 1 aromatic rings. The molecule has 7 nitrogen and oxygen atoms in total. The van der Waals surface area contributed by atoms with Gasteiger partial charge in [-0.3, -0.25) is 0 Å². The molecule has 25 heavy (non-hydrogen) atoms. The zero-order valence-corrected chi connectivity index (χ0v) is 14.8. The van der Waals surface area contributed by atoms with Crippen molar-refractivity contribution in [1.29, 1.82) is 0 Å². The fourth-order valence-corrected chi connectivity index (χ4v) is 1.51. The summed E-state index contributed by atoms with van der Waals surface area (Å²) < 4.78 is 5.46. The molecule has 0 heterocycles. The highest BCUT2D eigenvalue weighted by Gasteiger charge is 2.12. The van der Waals surface area contributed by atoms with E-state index in [1.54, 1.807) is 0 Å². The van der Waals surface area contributed by atoms with Crippen LogP contribution in [0.25, 0.3) is 0 Å². The normalized spacial score (nSPS) is 12.3. The number of aliphatic carboxylic acids is 2. The van der Waals surface area contributed by atoms with Crippen molar-refractivity contribution in [3.8, 4) is 0 Å². The SMILES string of the molecule is CC(C)(C)NCC(O)COCc1ccccc1.O=C(O)/C=C/C(=O)O. The molecule has 0 spiro atoms. The third-order valence-corrected chi connectivity index (χ3v) is 2.66. The first-order valence-electron chi connectivity index (χ1n) is 7.79. The largest absolute Gasteiger partial charge is 0.478 e. The Labute approximate surface area is 147 Å². The van der Waals surface area contributed by atoms with Gasteiger partial charge in [-0.2, -0.15) is 0 Å². The van der Waals surface area contributed by atoms with E-state index in [0.717, 1.165) is 5.56 Å². The maximum atomic E-state index is 9.70. The van der Waals surface area contributed by atoms with Crippen molar-refractivity contribution < 1.29 is 29.6 Å². The number of carboxylic acids is 2. The number of β-amino-alcohol motifs (C(OH)–C–C–N with tert-alkyl or cyclic N) is 1. The second-order valence-corrected chi connectivity index (χ2v) is 6.30. The van der Waals surface area contributed by atoms with Gasteiger partial charge in [-0.05, 0) is 26.3 Å². The van der Waals surface area contributed by atoms with Gasteiger partial charge in [0.05, 0.1) is 19.3 Å². The Balaban J connectivity index is 0.000000609. The number of rotatable bonds is 8. The summed E-state index contributed by atoms with van der Waals surface area (Å²) in [5.74, 6) is -2.51. The maximum absolute atomic E-state index is 9.70. The van der Waals surface area contributed by atoms with Gasteiger partial charge < -0.3 is 25.4 Å². The Kier molecular flexibility index (Phi) is 11.1. The van der Waals surface area contributed by atoms with Crippen molar-refractivity contribution in [3.63, 3.8) is 0 Å². The van der Waals surface area contributed by atoms with Crippen LogP contribution >= 0.6 is 0 Å². The van der Waals surface area contributed by atoms with Crippen molar-refractivity contribution in [2.75, 3.05) is 13.2 Å². The van der Waals surface area contributed by atoms with Crippen LogP contribution in [-0.4, -0.2) is 52.1 Å². The standard InChI is InChI=1S/C14H23NO2.C4H4O4/c1-14(2,3)15-9-13(16)11-17-10-12-7-5-4-6-8-12;5-3(6)1-2-4(7)8/h4-8,13,15-16H,9-11H2,1-3H3;1-2H,(H,5,6)(H,7,8)/b;2-1+. The molecule has 0 saturated carbocycles. The van der Waals surface area contributed by atoms with Crippen molar-refractivity contribution >= 4 is 11.9 Å². The fourth-order valence-electron chi connectivity index (χ4n) is 1.51. The molecule has 1 unspecified atom stereocenters. The van der Waals surface area contributed by atoms with Crippen LogP contribution in [0.4, 0.5) is 0 Å². The minimum Gasteiger partial charge on any atom is -0.478 e. The quantitative estimate of drug-likeness (QED) is 0.525. The average Bonchev–Trinajstić information content (AvgIpc) is 2.52. The molecule has 0 aromatic heterocycles. The second-order valence-electron chi connectivity index (χ2n) is 6.30. The molecule has 7 heteroatoms. The van der Waals surface area contributed by atoms with Crippen molar-refractivity contribution in [3.05, 3.63) is 48.0 Å². The Hall–Kier alpha value is -2.22. The van der Waals surface area contributed by atoms with Crippen molar-refractivity contribution in [2.24, 2.45) is 0 Å². The first-order chi connectivity index (χ1) is 11.6. The van der Waals surface area contributed by atoms with Crippen LogP contribution in [0.5, 0.6) is 0 Å². The molecule has 0 fully saturated rings. The zero-order valence-electron chi connectivity index (χ0n) is 14.8. The molecule has 0 aliphatic carbocycles. The van der Waals surface area contributed by atoms with Gasteiger partial charge in [0.15, 0.2) is 0 Å². The summed E-state index contributed by atoms with van der Waals surface area (Å²) >= 11 is 0. The molecular formula is C18H27NO6. The number of carbonyl (C=O) groups is 2. The first-order valence-corrected chi connectivity index (χ1v) is 7.79. The molecular weight excluding hydrogens is 326 g/mol. The lowest BCUT2D eigenvalue weighted by Gasteiger charge is -2.22. The topological polar surface area (TPSA) is 116 Å². The van der Waals surface area contributed by atoms with Crippen LogP contribution in [0.2, 0.25) is 0 Å². The Bertz CT molecular complexity index is 520.